The number of halogens is 1. The summed E-state index contributed by atoms with van der Waals surface area (Å²) in [5, 5.41) is 20.9. The van der Waals surface area contributed by atoms with E-state index >= 15 is 0 Å². The van der Waals surface area contributed by atoms with Crippen molar-refractivity contribution in [2.24, 2.45) is 0 Å². The fraction of sp³-hybridized carbons (Fsp3) is 0.462. The summed E-state index contributed by atoms with van der Waals surface area (Å²) < 4.78 is 0.824. The number of hydrogen-bond acceptors (Lipinski definition) is 3. The molecule has 1 rings (SSSR count). The van der Waals surface area contributed by atoms with Crippen LogP contribution in [0.4, 0.5) is 5.69 Å². The number of anilines is 1. The molecule has 0 aliphatic carbocycles. The number of hydrogen-bond donors (Lipinski definition) is 2. The number of benzene rings is 1. The number of nitrogens with one attached hydrogen (secondary N) is 1. The smallest absolute Gasteiger partial charge is 0.103 e. The van der Waals surface area contributed by atoms with Crippen molar-refractivity contribution in [3.8, 4) is 6.07 Å². The van der Waals surface area contributed by atoms with Gasteiger partial charge in [0.15, 0.2) is 0 Å². The van der Waals surface area contributed by atoms with E-state index in [9.17, 15) is 0 Å². The molecule has 0 saturated carbocycles. The maximum Gasteiger partial charge on any atom is 0.103 e. The first-order chi connectivity index (χ1) is 8.29. The highest BCUT2D eigenvalue weighted by atomic mass is 79.9. The van der Waals surface area contributed by atoms with Gasteiger partial charge < -0.3 is 10.4 Å². The lowest BCUT2D eigenvalue weighted by molar-refractivity contribution is 0.283. The van der Waals surface area contributed by atoms with Gasteiger partial charge in [-0.1, -0.05) is 18.9 Å². The zero-order valence-electron chi connectivity index (χ0n) is 9.75. The normalized spacial score (nSPS) is 9.94. The predicted molar refractivity (Wildman–Crippen MR) is 72.9 cm³/mol. The van der Waals surface area contributed by atoms with Crippen molar-refractivity contribution in [3.05, 3.63) is 28.2 Å². The van der Waals surface area contributed by atoms with Crippen LogP contribution in [-0.4, -0.2) is 18.3 Å². The summed E-state index contributed by atoms with van der Waals surface area (Å²) in [6, 6.07) is 7.88. The maximum atomic E-state index is 9.02. The summed E-state index contributed by atoms with van der Waals surface area (Å²) in [6.07, 6.45) is 4.09. The van der Waals surface area contributed by atoms with E-state index in [4.69, 9.17) is 10.4 Å². The van der Waals surface area contributed by atoms with Gasteiger partial charge in [0, 0.05) is 17.6 Å². The molecule has 0 atom stereocenters. The Morgan fingerprint density at radius 1 is 1.24 bits per heavy atom. The van der Waals surface area contributed by atoms with Crippen molar-refractivity contribution in [2.75, 3.05) is 18.5 Å². The Hall–Kier alpha value is -1.05. The fourth-order valence-corrected chi connectivity index (χ4v) is 2.05. The quantitative estimate of drug-likeness (QED) is 0.759. The van der Waals surface area contributed by atoms with E-state index in [2.05, 4.69) is 27.3 Å². The Morgan fingerprint density at radius 2 is 2.00 bits per heavy atom. The van der Waals surface area contributed by atoms with Crippen LogP contribution in [0.2, 0.25) is 0 Å². The molecular weight excluding hydrogens is 280 g/mol. The second kappa shape index (κ2) is 8.10. The van der Waals surface area contributed by atoms with Crippen molar-refractivity contribution >= 4 is 21.6 Å². The van der Waals surface area contributed by atoms with Crippen molar-refractivity contribution in [2.45, 2.75) is 25.7 Å². The Balaban J connectivity index is 2.37. The van der Waals surface area contributed by atoms with Gasteiger partial charge in [-0.15, -0.1) is 0 Å². The van der Waals surface area contributed by atoms with Gasteiger partial charge in [0.05, 0.1) is 11.3 Å². The summed E-state index contributed by atoms with van der Waals surface area (Å²) in [4.78, 5) is 0. The average Bonchev–Trinajstić information content (AvgIpc) is 2.34. The van der Waals surface area contributed by atoms with Gasteiger partial charge in [-0.05, 0) is 40.9 Å². The molecule has 1 aromatic carbocycles. The minimum Gasteiger partial charge on any atom is -0.396 e. The van der Waals surface area contributed by atoms with Gasteiger partial charge >= 0.3 is 0 Å². The Labute approximate surface area is 111 Å². The first-order valence-electron chi connectivity index (χ1n) is 5.83. The molecule has 92 valence electrons. The van der Waals surface area contributed by atoms with Crippen LogP contribution in [0.15, 0.2) is 22.7 Å². The van der Waals surface area contributed by atoms with Gasteiger partial charge in [0.2, 0.25) is 0 Å². The molecule has 0 aromatic heterocycles. The van der Waals surface area contributed by atoms with Gasteiger partial charge in [0.1, 0.15) is 6.07 Å². The maximum absolute atomic E-state index is 9.02. The lowest BCUT2D eigenvalue weighted by Gasteiger charge is -2.08. The van der Waals surface area contributed by atoms with E-state index in [0.29, 0.717) is 5.56 Å². The van der Waals surface area contributed by atoms with E-state index in [1.54, 1.807) is 0 Å². The summed E-state index contributed by atoms with van der Waals surface area (Å²) in [7, 11) is 0. The van der Waals surface area contributed by atoms with Crippen molar-refractivity contribution < 1.29 is 5.11 Å². The highest BCUT2D eigenvalue weighted by molar-refractivity contribution is 9.10. The first-order valence-corrected chi connectivity index (χ1v) is 6.62. The molecule has 17 heavy (non-hydrogen) atoms. The second-order valence-electron chi connectivity index (χ2n) is 3.84. The van der Waals surface area contributed by atoms with E-state index < -0.39 is 0 Å². The molecule has 0 aliphatic heterocycles. The molecule has 0 heterocycles. The fourth-order valence-electron chi connectivity index (χ4n) is 1.60. The monoisotopic (exact) mass is 296 g/mol. The van der Waals surface area contributed by atoms with Gasteiger partial charge in [-0.2, -0.15) is 5.26 Å². The van der Waals surface area contributed by atoms with Gasteiger partial charge in [0.25, 0.3) is 0 Å². The molecule has 0 amide bonds. The molecule has 0 radical (unpaired) electrons. The lowest BCUT2D eigenvalue weighted by atomic mass is 10.1. The third-order valence-corrected chi connectivity index (χ3v) is 3.19. The summed E-state index contributed by atoms with van der Waals surface area (Å²) in [5.41, 5.74) is 1.53. The first kappa shape index (κ1) is 14.0. The second-order valence-corrected chi connectivity index (χ2v) is 4.69. The van der Waals surface area contributed by atoms with Crippen LogP contribution in [0.3, 0.4) is 0 Å². The Bertz CT molecular complexity index is 387. The Kier molecular flexibility index (Phi) is 6.68. The number of aliphatic hydroxyl groups is 1. The molecule has 4 heteroatoms. The molecule has 1 aromatic rings. The third-order valence-electron chi connectivity index (χ3n) is 2.53. The zero-order chi connectivity index (χ0) is 12.5. The van der Waals surface area contributed by atoms with Crippen molar-refractivity contribution in [1.82, 2.24) is 0 Å². The number of unbranched alkanes of at least 4 members (excludes halogenated alkanes) is 3. The molecule has 0 aliphatic rings. The van der Waals surface area contributed by atoms with Crippen LogP contribution < -0.4 is 5.32 Å². The standard InChI is InChI=1S/C13H17BrN2O/c14-12-6-5-7-13(11(12)10-15)16-8-3-1-2-4-9-17/h5-7,16-17H,1-4,8-9H2. The average molecular weight is 297 g/mol. The van der Waals surface area contributed by atoms with Gasteiger partial charge in [-0.25, -0.2) is 0 Å². The highest BCUT2D eigenvalue weighted by Crippen LogP contribution is 2.23. The number of aliphatic hydroxyl groups excluding tert-OH is 1. The molecular formula is C13H17BrN2O. The van der Waals surface area contributed by atoms with Crippen LogP contribution in [0.5, 0.6) is 0 Å². The SMILES string of the molecule is N#Cc1c(Br)cccc1NCCCCCCO. The summed E-state index contributed by atoms with van der Waals surface area (Å²) >= 11 is 3.36. The van der Waals surface area contributed by atoms with Crippen molar-refractivity contribution in [1.29, 1.82) is 5.26 Å². The number of rotatable bonds is 7. The van der Waals surface area contributed by atoms with E-state index in [1.807, 2.05) is 18.2 Å². The highest BCUT2D eigenvalue weighted by Gasteiger charge is 2.04. The molecule has 0 bridgehead atoms. The lowest BCUT2D eigenvalue weighted by Crippen LogP contribution is -2.03. The minimum absolute atomic E-state index is 0.275. The van der Waals surface area contributed by atoms with Crippen LogP contribution in [0.1, 0.15) is 31.2 Å². The number of nitrogens with zero attached hydrogens (tertiary/aromatic N) is 1. The molecule has 0 unspecified atom stereocenters. The van der Waals surface area contributed by atoms with Crippen LogP contribution in [-0.2, 0) is 0 Å². The van der Waals surface area contributed by atoms with Crippen LogP contribution >= 0.6 is 15.9 Å². The summed E-state index contributed by atoms with van der Waals surface area (Å²) in [5.74, 6) is 0. The zero-order valence-corrected chi connectivity index (χ0v) is 11.3. The van der Waals surface area contributed by atoms with Crippen LogP contribution in [0.25, 0.3) is 0 Å². The van der Waals surface area contributed by atoms with E-state index in [-0.39, 0.29) is 6.61 Å². The Morgan fingerprint density at radius 3 is 2.71 bits per heavy atom. The largest absolute Gasteiger partial charge is 0.396 e. The van der Waals surface area contributed by atoms with E-state index in [1.165, 1.54) is 0 Å². The summed E-state index contributed by atoms with van der Waals surface area (Å²) in [6.45, 7) is 1.13. The van der Waals surface area contributed by atoms with Gasteiger partial charge in [-0.3, -0.25) is 0 Å². The molecule has 2 N–H and O–H groups in total. The molecule has 0 saturated heterocycles. The topological polar surface area (TPSA) is 56.0 Å². The third kappa shape index (κ3) is 4.76. The molecule has 3 nitrogen and oxygen atoms in total. The predicted octanol–water partition coefficient (Wildman–Crippen LogP) is 3.29. The van der Waals surface area contributed by atoms with E-state index in [0.717, 1.165) is 42.4 Å². The molecule has 0 spiro atoms. The minimum atomic E-state index is 0.275. The number of nitriles is 1. The van der Waals surface area contributed by atoms with Crippen molar-refractivity contribution in [3.63, 3.8) is 0 Å². The molecule has 0 fully saturated rings. The van der Waals surface area contributed by atoms with Crippen LogP contribution in [0, 0.1) is 11.3 Å².